The Bertz CT molecular complexity index is 1600. The average molecular weight is 522 g/mol. The monoisotopic (exact) mass is 521 g/mol. The normalized spacial score (nSPS) is 11.4. The lowest BCUT2D eigenvalue weighted by atomic mass is 10.1. The van der Waals surface area contributed by atoms with Crippen LogP contribution < -0.4 is 20.9 Å². The van der Waals surface area contributed by atoms with Gasteiger partial charge in [-0.15, -0.1) is 11.3 Å². The van der Waals surface area contributed by atoms with E-state index in [2.05, 4.69) is 15.6 Å². The zero-order valence-corrected chi connectivity index (χ0v) is 20.1. The molecule has 2 amide bonds. The van der Waals surface area contributed by atoms with Crippen molar-refractivity contribution in [1.82, 2.24) is 14.3 Å². The van der Waals surface area contributed by atoms with Crippen LogP contribution in [0.3, 0.4) is 0 Å². The summed E-state index contributed by atoms with van der Waals surface area (Å²) in [6.45, 7) is 1.58. The second-order valence-electron chi connectivity index (χ2n) is 7.08. The molecular weight excluding hydrogens is 505 g/mol. The molecule has 4 aromatic rings. The number of aryl methyl sites for hydroxylation is 1. The molecule has 0 aliphatic carbocycles. The van der Waals surface area contributed by atoms with Gasteiger partial charge in [-0.25, -0.2) is 27.3 Å². The molecule has 0 radical (unpaired) electrons. The van der Waals surface area contributed by atoms with E-state index in [4.69, 9.17) is 11.6 Å². The molecule has 1 aromatic carbocycles. The number of benzene rings is 1. The van der Waals surface area contributed by atoms with Crippen LogP contribution in [0.2, 0.25) is 4.34 Å². The number of urea groups is 1. The number of hydrogen-bond acceptors (Lipinski definition) is 7. The van der Waals surface area contributed by atoms with Gasteiger partial charge in [0.05, 0.1) is 26.8 Å². The first kappa shape index (κ1) is 23.7. The highest BCUT2D eigenvalue weighted by molar-refractivity contribution is 7.92. The van der Waals surface area contributed by atoms with Crippen LogP contribution in [0.1, 0.15) is 5.69 Å². The number of anilines is 2. The zero-order chi connectivity index (χ0) is 24.6. The summed E-state index contributed by atoms with van der Waals surface area (Å²) in [6, 6.07) is 9.03. The highest BCUT2D eigenvalue weighted by Gasteiger charge is 2.20. The lowest BCUT2D eigenvalue weighted by Crippen LogP contribution is -2.34. The largest absolute Gasteiger partial charge is 0.386 e. The first-order valence-corrected chi connectivity index (χ1v) is 12.4. The van der Waals surface area contributed by atoms with Crippen LogP contribution in [0.4, 0.5) is 20.6 Å². The first-order valence-electron chi connectivity index (χ1n) is 9.69. The summed E-state index contributed by atoms with van der Waals surface area (Å²) in [5, 5.41) is 5.89. The van der Waals surface area contributed by atoms with Gasteiger partial charge >= 0.3 is 6.03 Å². The van der Waals surface area contributed by atoms with E-state index < -0.39 is 27.4 Å². The molecule has 13 heteroatoms. The topological polar surface area (TPSA) is 122 Å². The number of thiophene rings is 1. The Morgan fingerprint density at radius 3 is 2.56 bits per heavy atom. The van der Waals surface area contributed by atoms with E-state index in [1.165, 1.54) is 35.0 Å². The van der Waals surface area contributed by atoms with Crippen molar-refractivity contribution in [3.05, 3.63) is 74.9 Å². The van der Waals surface area contributed by atoms with E-state index in [0.29, 0.717) is 11.1 Å². The number of amides is 2. The van der Waals surface area contributed by atoms with E-state index in [0.717, 1.165) is 17.4 Å². The number of sulfonamides is 1. The fourth-order valence-electron chi connectivity index (χ4n) is 3.21. The molecule has 0 unspecified atom stereocenters. The third kappa shape index (κ3) is 4.60. The molecule has 3 N–H and O–H groups in total. The summed E-state index contributed by atoms with van der Waals surface area (Å²) in [7, 11) is -2.50. The van der Waals surface area contributed by atoms with Gasteiger partial charge in [0.2, 0.25) is 0 Å². The van der Waals surface area contributed by atoms with Crippen LogP contribution in [0.5, 0.6) is 0 Å². The maximum absolute atomic E-state index is 14.2. The van der Waals surface area contributed by atoms with Gasteiger partial charge in [0.1, 0.15) is 15.8 Å². The minimum Gasteiger partial charge on any atom is -0.386 e. The van der Waals surface area contributed by atoms with Gasteiger partial charge in [-0.2, -0.15) is 0 Å². The summed E-state index contributed by atoms with van der Waals surface area (Å²) in [4.78, 5) is 29.5. The van der Waals surface area contributed by atoms with Crippen LogP contribution >= 0.6 is 22.9 Å². The standard InChI is InChI=1S/C21H17ClFN5O4S2/c1-11-15(26-21(30)27-34(31,32)19-6-4-17(22)33-19)3-5-18(25-11)28-8-7-12-9-16(24-2)14(23)10-13(12)20(28)29/h3-10,24H,1-2H3,(H2,26,27,30). The number of hydrogen-bond donors (Lipinski definition) is 3. The number of pyridine rings is 2. The maximum Gasteiger partial charge on any atom is 0.333 e. The summed E-state index contributed by atoms with van der Waals surface area (Å²) < 4.78 is 42.0. The third-order valence-corrected chi connectivity index (χ3v) is 7.92. The molecular formula is C21H17ClFN5O4S2. The minimum absolute atomic E-state index is 0.105. The number of carbonyl (C=O) groups is 1. The second kappa shape index (κ2) is 9.05. The predicted octanol–water partition coefficient (Wildman–Crippen LogP) is 4.10. The van der Waals surface area contributed by atoms with Crippen molar-refractivity contribution in [3.8, 4) is 5.82 Å². The van der Waals surface area contributed by atoms with Gasteiger partial charge in [0, 0.05) is 13.2 Å². The summed E-state index contributed by atoms with van der Waals surface area (Å²) in [6.07, 6.45) is 1.52. The molecule has 3 heterocycles. The molecule has 4 rings (SSSR count). The van der Waals surface area contributed by atoms with Crippen molar-refractivity contribution in [2.45, 2.75) is 11.1 Å². The Balaban J connectivity index is 1.59. The number of carbonyl (C=O) groups excluding carboxylic acids is 1. The summed E-state index contributed by atoms with van der Waals surface area (Å²) >= 11 is 6.57. The van der Waals surface area contributed by atoms with Gasteiger partial charge in [0.25, 0.3) is 15.6 Å². The maximum atomic E-state index is 14.2. The zero-order valence-electron chi connectivity index (χ0n) is 17.7. The Morgan fingerprint density at radius 1 is 1.15 bits per heavy atom. The van der Waals surface area contributed by atoms with Crippen LogP contribution in [0.15, 0.2) is 57.7 Å². The lowest BCUT2D eigenvalue weighted by Gasteiger charge is -2.12. The fraction of sp³-hybridized carbons (Fsp3) is 0.0952. The van der Waals surface area contributed by atoms with E-state index in [-0.39, 0.29) is 31.1 Å². The highest BCUT2D eigenvalue weighted by atomic mass is 35.5. The molecule has 0 spiro atoms. The molecule has 0 fully saturated rings. The van der Waals surface area contributed by atoms with Crippen molar-refractivity contribution in [1.29, 1.82) is 0 Å². The van der Waals surface area contributed by atoms with E-state index in [1.807, 2.05) is 4.72 Å². The van der Waals surface area contributed by atoms with E-state index in [9.17, 15) is 22.4 Å². The van der Waals surface area contributed by atoms with Crippen molar-refractivity contribution in [3.63, 3.8) is 0 Å². The fourth-order valence-corrected chi connectivity index (χ4v) is 5.60. The van der Waals surface area contributed by atoms with E-state index in [1.54, 1.807) is 26.1 Å². The van der Waals surface area contributed by atoms with Gasteiger partial charge in [0.15, 0.2) is 0 Å². The van der Waals surface area contributed by atoms with Crippen LogP contribution in [0.25, 0.3) is 16.6 Å². The van der Waals surface area contributed by atoms with Gasteiger partial charge in [-0.05, 0) is 54.8 Å². The van der Waals surface area contributed by atoms with Crippen LogP contribution in [0, 0.1) is 12.7 Å². The molecule has 0 atom stereocenters. The smallest absolute Gasteiger partial charge is 0.333 e. The van der Waals surface area contributed by atoms with Gasteiger partial charge in [-0.3, -0.25) is 9.36 Å². The molecule has 34 heavy (non-hydrogen) atoms. The Hall–Kier alpha value is -3.48. The predicted molar refractivity (Wildman–Crippen MR) is 130 cm³/mol. The molecule has 9 nitrogen and oxygen atoms in total. The Labute approximate surface area is 202 Å². The second-order valence-corrected chi connectivity index (χ2v) is 10.7. The first-order chi connectivity index (χ1) is 16.1. The molecule has 0 saturated carbocycles. The van der Waals surface area contributed by atoms with Crippen molar-refractivity contribution >= 4 is 61.1 Å². The Morgan fingerprint density at radius 2 is 1.91 bits per heavy atom. The highest BCUT2D eigenvalue weighted by Crippen LogP contribution is 2.25. The molecule has 0 aliphatic rings. The number of nitrogens with zero attached hydrogens (tertiary/aromatic N) is 2. The summed E-state index contributed by atoms with van der Waals surface area (Å²) in [5.41, 5.74) is 0.369. The van der Waals surface area contributed by atoms with Crippen LogP contribution in [-0.4, -0.2) is 31.0 Å². The molecule has 0 bridgehead atoms. The number of nitrogens with one attached hydrogen (secondary N) is 3. The van der Waals surface area contributed by atoms with Crippen molar-refractivity contribution in [2.24, 2.45) is 0 Å². The minimum atomic E-state index is -4.09. The third-order valence-electron chi connectivity index (χ3n) is 4.87. The lowest BCUT2D eigenvalue weighted by molar-refractivity contribution is 0.256. The Kier molecular flexibility index (Phi) is 6.30. The quantitative estimate of drug-likeness (QED) is 0.363. The SMILES string of the molecule is CNc1cc2ccn(-c3ccc(NC(=O)NS(=O)(=O)c4ccc(Cl)s4)c(C)n3)c(=O)c2cc1F. The molecule has 0 saturated heterocycles. The molecule has 3 aromatic heterocycles. The van der Waals surface area contributed by atoms with Crippen molar-refractivity contribution in [2.75, 3.05) is 17.7 Å². The average Bonchev–Trinajstić information content (AvgIpc) is 3.22. The number of aromatic nitrogens is 2. The van der Waals surface area contributed by atoms with Gasteiger partial charge < -0.3 is 10.6 Å². The number of fused-ring (bicyclic) bond motifs is 1. The summed E-state index contributed by atoms with van der Waals surface area (Å²) in [5.74, 6) is -0.311. The van der Waals surface area contributed by atoms with Crippen molar-refractivity contribution < 1.29 is 17.6 Å². The molecule has 176 valence electrons. The van der Waals surface area contributed by atoms with Gasteiger partial charge in [-0.1, -0.05) is 11.6 Å². The molecule has 0 aliphatic heterocycles. The number of rotatable bonds is 5. The number of halogens is 2. The van der Waals surface area contributed by atoms with E-state index >= 15 is 0 Å². The van der Waals surface area contributed by atoms with Crippen LogP contribution in [-0.2, 0) is 10.0 Å².